The molecule has 0 radical (unpaired) electrons. The maximum atomic E-state index is 13.9. The number of sulfonamides is 1. The van der Waals surface area contributed by atoms with Gasteiger partial charge in [0.05, 0.1) is 41.1 Å². The molecule has 0 spiro atoms. The van der Waals surface area contributed by atoms with Gasteiger partial charge in [0.2, 0.25) is 0 Å². The molecule has 0 saturated carbocycles. The van der Waals surface area contributed by atoms with E-state index in [1.54, 1.807) is 55.3 Å². The minimum Gasteiger partial charge on any atom is -0.497 e. The number of morpholine rings is 1. The van der Waals surface area contributed by atoms with Gasteiger partial charge < -0.3 is 9.47 Å². The van der Waals surface area contributed by atoms with Crippen LogP contribution in [-0.2, 0) is 14.8 Å². The molecule has 1 fully saturated rings. The van der Waals surface area contributed by atoms with E-state index < -0.39 is 10.0 Å². The van der Waals surface area contributed by atoms with Crippen LogP contribution in [0.25, 0.3) is 10.2 Å². The number of halogens is 1. The molecule has 0 N–H and O–H groups in total. The largest absolute Gasteiger partial charge is 0.497 e. The monoisotopic (exact) mass is 630 g/mol. The van der Waals surface area contributed by atoms with E-state index >= 15 is 0 Å². The molecule has 1 aliphatic rings. The van der Waals surface area contributed by atoms with E-state index in [1.807, 2.05) is 24.3 Å². The van der Waals surface area contributed by atoms with Crippen molar-refractivity contribution in [1.82, 2.24) is 9.88 Å². The number of ether oxygens (including phenoxy) is 2. The Morgan fingerprint density at radius 3 is 2.43 bits per heavy atom. The van der Waals surface area contributed by atoms with Crippen LogP contribution in [0.4, 0.5) is 10.8 Å². The maximum Gasteiger partial charge on any atom is 0.264 e. The highest BCUT2D eigenvalue weighted by Gasteiger charge is 2.26. The number of anilines is 2. The van der Waals surface area contributed by atoms with E-state index in [2.05, 4.69) is 4.90 Å². The van der Waals surface area contributed by atoms with Crippen molar-refractivity contribution in [2.24, 2.45) is 0 Å². The molecule has 1 saturated heterocycles. The number of aromatic nitrogens is 1. The van der Waals surface area contributed by atoms with Gasteiger partial charge in [0, 0.05) is 38.3 Å². The van der Waals surface area contributed by atoms with Gasteiger partial charge in [-0.05, 0) is 67.9 Å². The SMILES string of the molecule is CCN(c1ccccc1)S(=O)(=O)c1ccc(C(=O)N(CCCN2CCOCC2)c2nc3ccc(OC)cc3s2)cc1.Cl. The lowest BCUT2D eigenvalue weighted by atomic mass is 10.2. The quantitative estimate of drug-likeness (QED) is 0.222. The predicted molar refractivity (Wildman–Crippen MR) is 170 cm³/mol. The minimum atomic E-state index is -3.80. The van der Waals surface area contributed by atoms with Crippen LogP contribution in [0.1, 0.15) is 23.7 Å². The molecule has 5 rings (SSSR count). The lowest BCUT2D eigenvalue weighted by molar-refractivity contribution is 0.0376. The van der Waals surface area contributed by atoms with Crippen molar-refractivity contribution >= 4 is 60.7 Å². The number of thiazole rings is 1. The highest BCUT2D eigenvalue weighted by atomic mass is 35.5. The van der Waals surface area contributed by atoms with Crippen molar-refractivity contribution in [1.29, 1.82) is 0 Å². The summed E-state index contributed by atoms with van der Waals surface area (Å²) in [5.74, 6) is 0.503. The molecule has 12 heteroatoms. The first kappa shape index (κ1) is 31.7. The summed E-state index contributed by atoms with van der Waals surface area (Å²) in [7, 11) is -2.18. The summed E-state index contributed by atoms with van der Waals surface area (Å²) in [6.45, 7) is 6.59. The Balaban J connectivity index is 0.00000405. The van der Waals surface area contributed by atoms with Crippen LogP contribution in [0.15, 0.2) is 77.7 Å². The van der Waals surface area contributed by atoms with Gasteiger partial charge in [0.15, 0.2) is 5.13 Å². The highest BCUT2D eigenvalue weighted by molar-refractivity contribution is 7.92. The second kappa shape index (κ2) is 14.3. The van der Waals surface area contributed by atoms with Crippen molar-refractivity contribution in [3.8, 4) is 5.75 Å². The van der Waals surface area contributed by atoms with Gasteiger partial charge in [-0.2, -0.15) is 0 Å². The Bertz CT molecular complexity index is 1580. The van der Waals surface area contributed by atoms with Gasteiger partial charge in [-0.15, -0.1) is 12.4 Å². The zero-order valence-corrected chi connectivity index (χ0v) is 26.1. The fourth-order valence-electron chi connectivity index (χ4n) is 4.83. The van der Waals surface area contributed by atoms with Crippen LogP contribution in [0.3, 0.4) is 0 Å². The van der Waals surface area contributed by atoms with Crippen molar-refractivity contribution < 1.29 is 22.7 Å². The van der Waals surface area contributed by atoms with Gasteiger partial charge in [-0.3, -0.25) is 18.9 Å². The minimum absolute atomic E-state index is 0. The number of rotatable bonds is 11. The average molecular weight is 631 g/mol. The molecule has 0 bridgehead atoms. The number of amides is 1. The van der Waals surface area contributed by atoms with E-state index in [0.717, 1.165) is 55.2 Å². The molecule has 1 aliphatic heterocycles. The van der Waals surface area contributed by atoms with Crippen molar-refractivity contribution in [3.63, 3.8) is 0 Å². The first-order valence-corrected chi connectivity index (χ1v) is 15.9. The van der Waals surface area contributed by atoms with E-state index in [-0.39, 0.29) is 29.8 Å². The molecule has 42 heavy (non-hydrogen) atoms. The standard InChI is InChI=1S/C30H34N4O5S2.ClH/c1-3-34(24-8-5-4-6-9-24)41(36,37)26-13-10-23(11-14-26)29(35)33(17-7-16-32-18-20-39-21-19-32)30-31-27-15-12-25(38-2)22-28(27)40-30;/h4-6,8-15,22H,3,7,16-21H2,1-2H3;1H. The van der Waals surface area contributed by atoms with E-state index in [4.69, 9.17) is 14.5 Å². The molecule has 3 aromatic carbocycles. The molecule has 224 valence electrons. The fraction of sp³-hybridized carbons (Fsp3) is 0.333. The summed E-state index contributed by atoms with van der Waals surface area (Å²) in [6.07, 6.45) is 0.764. The third-order valence-corrected chi connectivity index (χ3v) is 10.00. The van der Waals surface area contributed by atoms with Crippen LogP contribution >= 0.6 is 23.7 Å². The lowest BCUT2D eigenvalue weighted by Gasteiger charge is -2.27. The Hall–Kier alpha value is -3.22. The van der Waals surface area contributed by atoms with E-state index in [1.165, 1.54) is 27.8 Å². The smallest absolute Gasteiger partial charge is 0.264 e. The number of methoxy groups -OCH3 is 1. The van der Waals surface area contributed by atoms with Gasteiger partial charge in [-0.1, -0.05) is 29.5 Å². The topological polar surface area (TPSA) is 92.3 Å². The first-order valence-electron chi connectivity index (χ1n) is 13.6. The molecular weight excluding hydrogens is 596 g/mol. The van der Waals surface area contributed by atoms with Crippen molar-refractivity contribution in [2.45, 2.75) is 18.2 Å². The van der Waals surface area contributed by atoms with Gasteiger partial charge in [0.1, 0.15) is 5.75 Å². The summed E-state index contributed by atoms with van der Waals surface area (Å²) >= 11 is 1.43. The van der Waals surface area contributed by atoms with Crippen LogP contribution < -0.4 is 13.9 Å². The third kappa shape index (κ3) is 7.04. The number of para-hydroxylation sites is 1. The Morgan fingerprint density at radius 2 is 1.76 bits per heavy atom. The maximum absolute atomic E-state index is 13.9. The molecule has 0 aliphatic carbocycles. The Labute approximate surface area is 257 Å². The zero-order valence-electron chi connectivity index (χ0n) is 23.6. The first-order chi connectivity index (χ1) is 19.9. The number of carbonyl (C=O) groups excluding carboxylic acids is 1. The molecule has 4 aromatic rings. The summed E-state index contributed by atoms with van der Waals surface area (Å²) < 4.78 is 40.0. The zero-order chi connectivity index (χ0) is 28.8. The Morgan fingerprint density at radius 1 is 1.05 bits per heavy atom. The lowest BCUT2D eigenvalue weighted by Crippen LogP contribution is -2.39. The van der Waals surface area contributed by atoms with Gasteiger partial charge in [0.25, 0.3) is 15.9 Å². The average Bonchev–Trinajstić information content (AvgIpc) is 3.43. The molecular formula is C30H35ClN4O5S2. The summed E-state index contributed by atoms with van der Waals surface area (Å²) in [6, 6.07) is 20.8. The molecule has 1 amide bonds. The van der Waals surface area contributed by atoms with E-state index in [0.29, 0.717) is 22.9 Å². The van der Waals surface area contributed by atoms with E-state index in [9.17, 15) is 13.2 Å². The second-order valence-electron chi connectivity index (χ2n) is 9.62. The van der Waals surface area contributed by atoms with Crippen LogP contribution in [0.2, 0.25) is 0 Å². The fourth-order valence-corrected chi connectivity index (χ4v) is 7.33. The number of carbonyl (C=O) groups is 1. The van der Waals surface area contributed by atoms with Crippen LogP contribution in [0.5, 0.6) is 5.75 Å². The molecule has 9 nitrogen and oxygen atoms in total. The molecule has 1 aromatic heterocycles. The van der Waals surface area contributed by atoms with Gasteiger partial charge >= 0.3 is 0 Å². The highest BCUT2D eigenvalue weighted by Crippen LogP contribution is 2.32. The number of nitrogens with zero attached hydrogens (tertiary/aromatic N) is 4. The summed E-state index contributed by atoms with van der Waals surface area (Å²) in [5, 5.41) is 0.596. The summed E-state index contributed by atoms with van der Waals surface area (Å²) in [4.78, 5) is 22.8. The Kier molecular flexibility index (Phi) is 10.8. The number of benzene rings is 3. The molecule has 0 atom stereocenters. The number of hydrogen-bond acceptors (Lipinski definition) is 8. The normalized spacial score (nSPS) is 13.9. The number of fused-ring (bicyclic) bond motifs is 1. The molecule has 2 heterocycles. The second-order valence-corrected chi connectivity index (χ2v) is 12.5. The predicted octanol–water partition coefficient (Wildman–Crippen LogP) is 5.31. The van der Waals surface area contributed by atoms with Crippen molar-refractivity contribution in [3.05, 3.63) is 78.4 Å². The molecule has 0 unspecified atom stereocenters. The summed E-state index contributed by atoms with van der Waals surface area (Å²) in [5.41, 5.74) is 1.78. The van der Waals surface area contributed by atoms with Crippen molar-refractivity contribution in [2.75, 3.05) is 62.3 Å². The number of hydrogen-bond donors (Lipinski definition) is 0. The van der Waals surface area contributed by atoms with Gasteiger partial charge in [-0.25, -0.2) is 13.4 Å². The van der Waals surface area contributed by atoms with Crippen LogP contribution in [-0.4, -0.2) is 77.3 Å². The van der Waals surface area contributed by atoms with Crippen LogP contribution in [0, 0.1) is 0 Å². The third-order valence-electron chi connectivity index (χ3n) is 7.04.